The van der Waals surface area contributed by atoms with Crippen LogP contribution in [0.1, 0.15) is 38.5 Å². The SMILES string of the molecule is N[C@@](C=O)(C1CCCCC1)N1CC[C@H](F)C1. The Labute approximate surface area is 96.2 Å². The Kier molecular flexibility index (Phi) is 3.60. The van der Waals surface area contributed by atoms with E-state index in [2.05, 4.69) is 0 Å². The third kappa shape index (κ3) is 2.13. The van der Waals surface area contributed by atoms with Crippen molar-refractivity contribution >= 4 is 6.29 Å². The van der Waals surface area contributed by atoms with Crippen molar-refractivity contribution in [1.29, 1.82) is 0 Å². The molecule has 3 nitrogen and oxygen atoms in total. The normalized spacial score (nSPS) is 32.5. The van der Waals surface area contributed by atoms with Crippen molar-refractivity contribution < 1.29 is 9.18 Å². The van der Waals surface area contributed by atoms with Gasteiger partial charge in [-0.15, -0.1) is 0 Å². The zero-order chi connectivity index (χ0) is 11.6. The van der Waals surface area contributed by atoms with Crippen molar-refractivity contribution in [1.82, 2.24) is 4.90 Å². The van der Waals surface area contributed by atoms with Gasteiger partial charge in [0.2, 0.25) is 0 Å². The lowest BCUT2D eigenvalue weighted by molar-refractivity contribution is -0.122. The second-order valence-corrected chi connectivity index (χ2v) is 5.17. The first-order valence-electron chi connectivity index (χ1n) is 6.31. The summed E-state index contributed by atoms with van der Waals surface area (Å²) in [4.78, 5) is 13.2. The summed E-state index contributed by atoms with van der Waals surface area (Å²) in [5, 5.41) is 0. The summed E-state index contributed by atoms with van der Waals surface area (Å²) in [7, 11) is 0. The molecule has 2 rings (SSSR count). The number of rotatable bonds is 3. The molecule has 0 unspecified atom stereocenters. The van der Waals surface area contributed by atoms with E-state index in [1.54, 1.807) is 0 Å². The molecule has 0 aromatic carbocycles. The maximum absolute atomic E-state index is 13.2. The largest absolute Gasteiger partial charge is 0.307 e. The van der Waals surface area contributed by atoms with Gasteiger partial charge in [0.1, 0.15) is 11.8 Å². The van der Waals surface area contributed by atoms with Crippen LogP contribution in [-0.4, -0.2) is 36.1 Å². The molecule has 16 heavy (non-hydrogen) atoms. The molecule has 1 saturated heterocycles. The molecule has 1 aliphatic carbocycles. The van der Waals surface area contributed by atoms with Gasteiger partial charge in [-0.25, -0.2) is 4.39 Å². The molecule has 0 radical (unpaired) electrons. The van der Waals surface area contributed by atoms with Gasteiger partial charge in [-0.1, -0.05) is 19.3 Å². The predicted molar refractivity (Wildman–Crippen MR) is 60.6 cm³/mol. The molecule has 92 valence electrons. The van der Waals surface area contributed by atoms with Crippen LogP contribution in [0, 0.1) is 5.92 Å². The minimum atomic E-state index is -0.915. The van der Waals surface area contributed by atoms with Crippen LogP contribution in [0.5, 0.6) is 0 Å². The van der Waals surface area contributed by atoms with Crippen LogP contribution >= 0.6 is 0 Å². The minimum Gasteiger partial charge on any atom is -0.307 e. The second kappa shape index (κ2) is 4.80. The molecule has 0 bridgehead atoms. The summed E-state index contributed by atoms with van der Waals surface area (Å²) in [6.07, 6.45) is 6.07. The van der Waals surface area contributed by atoms with Crippen LogP contribution in [0.2, 0.25) is 0 Å². The lowest BCUT2D eigenvalue weighted by Gasteiger charge is -2.41. The minimum absolute atomic E-state index is 0.212. The number of likely N-dealkylation sites (tertiary alicyclic amines) is 1. The summed E-state index contributed by atoms with van der Waals surface area (Å²) >= 11 is 0. The molecule has 2 aliphatic rings. The summed E-state index contributed by atoms with van der Waals surface area (Å²) in [5.41, 5.74) is 5.32. The van der Waals surface area contributed by atoms with Crippen molar-refractivity contribution in [2.75, 3.05) is 13.1 Å². The average molecular weight is 228 g/mol. The second-order valence-electron chi connectivity index (χ2n) is 5.17. The molecule has 2 N–H and O–H groups in total. The van der Waals surface area contributed by atoms with Crippen molar-refractivity contribution in [2.45, 2.75) is 50.4 Å². The topological polar surface area (TPSA) is 46.3 Å². The Hall–Kier alpha value is -0.480. The van der Waals surface area contributed by atoms with Gasteiger partial charge in [0.05, 0.1) is 0 Å². The molecule has 2 fully saturated rings. The molecule has 1 saturated carbocycles. The number of carbonyl (C=O) groups is 1. The Morgan fingerprint density at radius 3 is 2.44 bits per heavy atom. The number of carbonyl (C=O) groups excluding carboxylic acids is 1. The lowest BCUT2D eigenvalue weighted by Crippen LogP contribution is -2.62. The highest BCUT2D eigenvalue weighted by molar-refractivity contribution is 5.64. The maximum Gasteiger partial charge on any atom is 0.154 e. The van der Waals surface area contributed by atoms with Gasteiger partial charge in [0, 0.05) is 13.1 Å². The fourth-order valence-electron chi connectivity index (χ4n) is 3.06. The number of hydrogen-bond acceptors (Lipinski definition) is 3. The van der Waals surface area contributed by atoms with Gasteiger partial charge >= 0.3 is 0 Å². The number of nitrogens with two attached hydrogens (primary N) is 1. The molecule has 0 spiro atoms. The van der Waals surface area contributed by atoms with Gasteiger partial charge in [0.25, 0.3) is 0 Å². The van der Waals surface area contributed by atoms with Crippen LogP contribution in [0.25, 0.3) is 0 Å². The highest BCUT2D eigenvalue weighted by Crippen LogP contribution is 2.34. The van der Waals surface area contributed by atoms with E-state index in [9.17, 15) is 9.18 Å². The van der Waals surface area contributed by atoms with E-state index >= 15 is 0 Å². The van der Waals surface area contributed by atoms with Crippen molar-refractivity contribution in [3.63, 3.8) is 0 Å². The van der Waals surface area contributed by atoms with Crippen molar-refractivity contribution in [3.8, 4) is 0 Å². The molecule has 4 heteroatoms. The van der Waals surface area contributed by atoms with Crippen LogP contribution < -0.4 is 5.73 Å². The first kappa shape index (κ1) is 12.0. The quantitative estimate of drug-likeness (QED) is 0.744. The zero-order valence-electron chi connectivity index (χ0n) is 9.70. The standard InChI is InChI=1S/C12H21FN2O/c13-11-6-7-15(8-11)12(14,9-16)10-4-2-1-3-5-10/h9-11H,1-8,14H2/t11-,12+/m0/s1. The average Bonchev–Trinajstić information content (AvgIpc) is 2.76. The van der Waals surface area contributed by atoms with Crippen LogP contribution in [0.3, 0.4) is 0 Å². The summed E-state index contributed by atoms with van der Waals surface area (Å²) in [6.45, 7) is 0.943. The number of nitrogens with zero attached hydrogens (tertiary/aromatic N) is 1. The molecule has 2 atom stereocenters. The highest BCUT2D eigenvalue weighted by atomic mass is 19.1. The third-order valence-corrected chi connectivity index (χ3v) is 4.13. The first-order valence-corrected chi connectivity index (χ1v) is 6.31. The van der Waals surface area contributed by atoms with Gasteiger partial charge in [-0.2, -0.15) is 0 Å². The van der Waals surface area contributed by atoms with Crippen molar-refractivity contribution in [3.05, 3.63) is 0 Å². The Balaban J connectivity index is 2.07. The van der Waals surface area contributed by atoms with Crippen LogP contribution in [0.4, 0.5) is 4.39 Å². The van der Waals surface area contributed by atoms with Gasteiger partial charge in [-0.05, 0) is 25.2 Å². The summed E-state index contributed by atoms with van der Waals surface area (Å²) in [6, 6.07) is 0. The number of aldehydes is 1. The van der Waals surface area contributed by atoms with Gasteiger partial charge in [-0.3, -0.25) is 9.69 Å². The van der Waals surface area contributed by atoms with Crippen molar-refractivity contribution in [2.24, 2.45) is 11.7 Å². The fourth-order valence-corrected chi connectivity index (χ4v) is 3.06. The Morgan fingerprint density at radius 2 is 1.94 bits per heavy atom. The van der Waals surface area contributed by atoms with E-state index < -0.39 is 11.8 Å². The van der Waals surface area contributed by atoms with E-state index in [4.69, 9.17) is 5.73 Å². The van der Waals surface area contributed by atoms with Gasteiger partial charge in [0.15, 0.2) is 6.29 Å². The molecule has 1 aliphatic heterocycles. The molecule has 0 aromatic rings. The van der Waals surface area contributed by atoms with E-state index in [0.717, 1.165) is 32.0 Å². The van der Waals surface area contributed by atoms with E-state index in [-0.39, 0.29) is 5.92 Å². The first-order chi connectivity index (χ1) is 7.66. The van der Waals surface area contributed by atoms with Crippen LogP contribution in [-0.2, 0) is 4.79 Å². The van der Waals surface area contributed by atoms with E-state index in [0.29, 0.717) is 19.5 Å². The molecular formula is C12H21FN2O. The lowest BCUT2D eigenvalue weighted by atomic mass is 9.80. The molecular weight excluding hydrogens is 207 g/mol. The van der Waals surface area contributed by atoms with E-state index in [1.807, 2.05) is 4.90 Å². The zero-order valence-corrected chi connectivity index (χ0v) is 9.70. The maximum atomic E-state index is 13.2. The number of alkyl halides is 1. The Morgan fingerprint density at radius 1 is 1.25 bits per heavy atom. The molecule has 0 aromatic heterocycles. The summed E-state index contributed by atoms with van der Waals surface area (Å²) in [5.74, 6) is 0.212. The van der Waals surface area contributed by atoms with Crippen LogP contribution in [0.15, 0.2) is 0 Å². The van der Waals surface area contributed by atoms with E-state index in [1.165, 1.54) is 6.42 Å². The molecule has 0 amide bonds. The fraction of sp³-hybridized carbons (Fsp3) is 0.917. The Bertz CT molecular complexity index is 249. The number of hydrogen-bond donors (Lipinski definition) is 1. The number of halogens is 1. The molecule has 1 heterocycles. The smallest absolute Gasteiger partial charge is 0.154 e. The third-order valence-electron chi connectivity index (χ3n) is 4.13. The van der Waals surface area contributed by atoms with Gasteiger partial charge < -0.3 is 5.73 Å². The summed E-state index contributed by atoms with van der Waals surface area (Å²) < 4.78 is 13.2. The predicted octanol–water partition coefficient (Wildman–Crippen LogP) is 1.46. The highest BCUT2D eigenvalue weighted by Gasteiger charge is 2.43. The monoisotopic (exact) mass is 228 g/mol.